The van der Waals surface area contributed by atoms with Crippen molar-refractivity contribution < 1.29 is 4.74 Å². The minimum absolute atomic E-state index is 0.786. The molecule has 1 saturated heterocycles. The third-order valence-electron chi connectivity index (χ3n) is 1.86. The highest BCUT2D eigenvalue weighted by Crippen LogP contribution is 2.50. The van der Waals surface area contributed by atoms with Gasteiger partial charge in [-0.05, 0) is 6.42 Å². The average molecular weight is 175 g/mol. The summed E-state index contributed by atoms with van der Waals surface area (Å²) in [6.45, 7) is 0.960. The Kier molecular flexibility index (Phi) is 0.911. The van der Waals surface area contributed by atoms with Gasteiger partial charge in [-0.3, -0.25) is 0 Å². The number of rotatable bonds is 0. The molecular formula is C6H7BrO. The Bertz CT molecular complexity index is 141. The monoisotopic (exact) mass is 174 g/mol. The Morgan fingerprint density at radius 3 is 2.88 bits per heavy atom. The molecule has 0 aromatic heterocycles. The van der Waals surface area contributed by atoms with Gasteiger partial charge in [0, 0.05) is 16.8 Å². The Hall–Kier alpha value is 0.0200. The zero-order chi connectivity index (χ0) is 5.56. The van der Waals surface area contributed by atoms with E-state index in [-0.39, 0.29) is 0 Å². The molecule has 1 heterocycles. The zero-order valence-electron chi connectivity index (χ0n) is 4.43. The molecule has 0 bridgehead atoms. The number of halogens is 1. The Balaban J connectivity index is 2.17. The minimum atomic E-state index is 0.786. The SMILES string of the molecule is Br/C=C1\OC[C@@H]2C[C@H]12. The molecule has 8 heavy (non-hydrogen) atoms. The van der Waals surface area contributed by atoms with Crippen molar-refractivity contribution in [2.75, 3.05) is 6.61 Å². The van der Waals surface area contributed by atoms with Gasteiger partial charge >= 0.3 is 0 Å². The fourth-order valence-electron chi connectivity index (χ4n) is 1.20. The van der Waals surface area contributed by atoms with Gasteiger partial charge in [0.25, 0.3) is 0 Å². The number of allylic oxidation sites excluding steroid dienone is 1. The van der Waals surface area contributed by atoms with Gasteiger partial charge in [-0.15, -0.1) is 0 Å². The first-order valence-electron chi connectivity index (χ1n) is 2.85. The second-order valence-electron chi connectivity index (χ2n) is 2.42. The van der Waals surface area contributed by atoms with Gasteiger partial charge in [0.2, 0.25) is 0 Å². The predicted molar refractivity (Wildman–Crippen MR) is 34.6 cm³/mol. The van der Waals surface area contributed by atoms with Crippen LogP contribution in [0.25, 0.3) is 0 Å². The van der Waals surface area contributed by atoms with Gasteiger partial charge in [0.1, 0.15) is 5.76 Å². The molecule has 1 aliphatic carbocycles. The molecule has 1 nitrogen and oxygen atoms in total. The van der Waals surface area contributed by atoms with Crippen LogP contribution in [0.4, 0.5) is 0 Å². The van der Waals surface area contributed by atoms with Crippen LogP contribution >= 0.6 is 15.9 Å². The second-order valence-corrected chi connectivity index (χ2v) is 2.88. The van der Waals surface area contributed by atoms with Gasteiger partial charge in [-0.2, -0.15) is 0 Å². The summed E-state index contributed by atoms with van der Waals surface area (Å²) >= 11 is 3.26. The molecule has 2 heteroatoms. The van der Waals surface area contributed by atoms with Crippen LogP contribution in [0.5, 0.6) is 0 Å². The normalized spacial score (nSPS) is 46.4. The first-order valence-corrected chi connectivity index (χ1v) is 3.76. The van der Waals surface area contributed by atoms with E-state index in [1.54, 1.807) is 0 Å². The summed E-state index contributed by atoms with van der Waals surface area (Å²) in [4.78, 5) is 1.91. The second kappa shape index (κ2) is 1.50. The van der Waals surface area contributed by atoms with Crippen LogP contribution in [-0.2, 0) is 4.74 Å². The topological polar surface area (TPSA) is 9.23 Å². The number of hydrogen-bond acceptors (Lipinski definition) is 1. The summed E-state index contributed by atoms with van der Waals surface area (Å²) in [7, 11) is 0. The zero-order valence-corrected chi connectivity index (χ0v) is 6.02. The quantitative estimate of drug-likeness (QED) is 0.546. The standard InChI is InChI=1S/C6H7BrO/c7-2-6-5-1-4(5)3-8-6/h2,4-5H,1,3H2/b6-2-/t4-,5-/m0/s1. The van der Waals surface area contributed by atoms with E-state index in [9.17, 15) is 0 Å². The number of ether oxygens (including phenoxy) is 1. The smallest absolute Gasteiger partial charge is 0.106 e. The van der Waals surface area contributed by atoms with E-state index < -0.39 is 0 Å². The van der Waals surface area contributed by atoms with Crippen LogP contribution in [0, 0.1) is 11.8 Å². The molecule has 44 valence electrons. The third kappa shape index (κ3) is 0.524. The molecule has 2 fully saturated rings. The Morgan fingerprint density at radius 2 is 2.62 bits per heavy atom. The molecule has 0 N–H and O–H groups in total. The van der Waals surface area contributed by atoms with E-state index in [1.807, 2.05) is 4.99 Å². The lowest BCUT2D eigenvalue weighted by molar-refractivity contribution is 0.233. The summed E-state index contributed by atoms with van der Waals surface area (Å²) in [5, 5.41) is 0. The molecule has 2 rings (SSSR count). The van der Waals surface area contributed by atoms with Crippen molar-refractivity contribution in [1.29, 1.82) is 0 Å². The summed E-state index contributed by atoms with van der Waals surface area (Å²) in [6, 6.07) is 0. The molecule has 0 spiro atoms. The van der Waals surface area contributed by atoms with Crippen molar-refractivity contribution in [2.45, 2.75) is 6.42 Å². The largest absolute Gasteiger partial charge is 0.497 e. The minimum Gasteiger partial charge on any atom is -0.497 e. The highest BCUT2D eigenvalue weighted by molar-refractivity contribution is 9.11. The van der Waals surface area contributed by atoms with Crippen LogP contribution in [0.15, 0.2) is 10.7 Å². The summed E-state index contributed by atoms with van der Waals surface area (Å²) in [5.41, 5.74) is 0. The Morgan fingerprint density at radius 1 is 1.75 bits per heavy atom. The Labute approximate surface area is 56.8 Å². The molecule has 0 amide bonds. The van der Waals surface area contributed by atoms with E-state index >= 15 is 0 Å². The average Bonchev–Trinajstić information content (AvgIpc) is 2.46. The van der Waals surface area contributed by atoms with Crippen molar-refractivity contribution in [3.05, 3.63) is 10.7 Å². The number of fused-ring (bicyclic) bond motifs is 1. The molecule has 0 unspecified atom stereocenters. The molecule has 0 aromatic rings. The predicted octanol–water partition coefficient (Wildman–Crippen LogP) is 1.89. The van der Waals surface area contributed by atoms with E-state index in [2.05, 4.69) is 15.9 Å². The molecule has 1 saturated carbocycles. The lowest BCUT2D eigenvalue weighted by Crippen LogP contribution is -1.85. The van der Waals surface area contributed by atoms with E-state index in [4.69, 9.17) is 4.74 Å². The van der Waals surface area contributed by atoms with Crippen molar-refractivity contribution in [2.24, 2.45) is 11.8 Å². The molecule has 0 aromatic carbocycles. The van der Waals surface area contributed by atoms with Crippen molar-refractivity contribution >= 4 is 15.9 Å². The molecule has 1 aliphatic heterocycles. The van der Waals surface area contributed by atoms with Crippen molar-refractivity contribution in [1.82, 2.24) is 0 Å². The van der Waals surface area contributed by atoms with Gasteiger partial charge in [-0.25, -0.2) is 0 Å². The maximum atomic E-state index is 5.28. The highest BCUT2D eigenvalue weighted by Gasteiger charge is 2.46. The van der Waals surface area contributed by atoms with Crippen LogP contribution in [-0.4, -0.2) is 6.61 Å². The molecule has 2 aliphatic rings. The highest BCUT2D eigenvalue weighted by atomic mass is 79.9. The van der Waals surface area contributed by atoms with E-state index in [0.29, 0.717) is 0 Å². The summed E-state index contributed by atoms with van der Waals surface area (Å²) < 4.78 is 5.28. The molecule has 2 atom stereocenters. The molecular weight excluding hydrogens is 168 g/mol. The van der Waals surface area contributed by atoms with Gasteiger partial charge in [0.15, 0.2) is 0 Å². The maximum absolute atomic E-state index is 5.28. The number of hydrogen-bond donors (Lipinski definition) is 0. The fourth-order valence-corrected chi connectivity index (χ4v) is 1.67. The fraction of sp³-hybridized carbons (Fsp3) is 0.667. The lowest BCUT2D eigenvalue weighted by Gasteiger charge is -1.97. The van der Waals surface area contributed by atoms with Gasteiger partial charge < -0.3 is 4.74 Å². The van der Waals surface area contributed by atoms with Crippen LogP contribution in [0.3, 0.4) is 0 Å². The lowest BCUT2D eigenvalue weighted by atomic mass is 10.3. The van der Waals surface area contributed by atoms with Gasteiger partial charge in [-0.1, -0.05) is 15.9 Å². The third-order valence-corrected chi connectivity index (χ3v) is 2.31. The first-order chi connectivity index (χ1) is 3.92. The molecule has 0 radical (unpaired) electrons. The van der Waals surface area contributed by atoms with E-state index in [0.717, 1.165) is 24.2 Å². The van der Waals surface area contributed by atoms with Crippen LogP contribution in [0.1, 0.15) is 6.42 Å². The van der Waals surface area contributed by atoms with Crippen molar-refractivity contribution in [3.8, 4) is 0 Å². The summed E-state index contributed by atoms with van der Waals surface area (Å²) in [5.74, 6) is 2.82. The van der Waals surface area contributed by atoms with Crippen molar-refractivity contribution in [3.63, 3.8) is 0 Å². The summed E-state index contributed by atoms with van der Waals surface area (Å²) in [6.07, 6.45) is 1.36. The maximum Gasteiger partial charge on any atom is 0.106 e. The van der Waals surface area contributed by atoms with Crippen LogP contribution < -0.4 is 0 Å². The van der Waals surface area contributed by atoms with Crippen LogP contribution in [0.2, 0.25) is 0 Å². The first kappa shape index (κ1) is 4.86. The van der Waals surface area contributed by atoms with Gasteiger partial charge in [0.05, 0.1) is 6.61 Å². The van der Waals surface area contributed by atoms with E-state index in [1.165, 1.54) is 6.42 Å².